The van der Waals surface area contributed by atoms with Crippen LogP contribution in [0.25, 0.3) is 0 Å². The molecule has 2 rings (SSSR count). The second kappa shape index (κ2) is 6.47. The van der Waals surface area contributed by atoms with Gasteiger partial charge in [0.25, 0.3) is 0 Å². The summed E-state index contributed by atoms with van der Waals surface area (Å²) < 4.78 is 0. The van der Waals surface area contributed by atoms with Crippen LogP contribution < -0.4 is 5.73 Å². The van der Waals surface area contributed by atoms with Crippen molar-refractivity contribution >= 4 is 17.1 Å². The summed E-state index contributed by atoms with van der Waals surface area (Å²) >= 11 is 1.54. The third kappa shape index (κ3) is 3.52. The first kappa shape index (κ1) is 13.0. The minimum atomic E-state index is -0.444. The van der Waals surface area contributed by atoms with E-state index in [1.807, 2.05) is 35.7 Å². The Balaban J connectivity index is 1.79. The zero-order valence-electron chi connectivity index (χ0n) is 10.2. The van der Waals surface area contributed by atoms with Gasteiger partial charge >= 0.3 is 0 Å². The molecule has 18 heavy (non-hydrogen) atoms. The van der Waals surface area contributed by atoms with Crippen molar-refractivity contribution in [1.82, 2.24) is 0 Å². The van der Waals surface area contributed by atoms with E-state index in [9.17, 15) is 4.79 Å². The molecule has 0 bridgehead atoms. The molecule has 1 heterocycles. The van der Waals surface area contributed by atoms with Crippen LogP contribution in [-0.4, -0.2) is 5.78 Å². The summed E-state index contributed by atoms with van der Waals surface area (Å²) in [5.41, 5.74) is 7.20. The summed E-state index contributed by atoms with van der Waals surface area (Å²) in [6.45, 7) is 0. The number of carbonyl (C=O) groups excluding carboxylic acids is 1. The van der Waals surface area contributed by atoms with Gasteiger partial charge in [0, 0.05) is 11.3 Å². The Bertz CT molecular complexity index is 478. The zero-order valence-corrected chi connectivity index (χ0v) is 11.0. The molecule has 0 saturated heterocycles. The number of thiophene rings is 1. The first-order chi connectivity index (χ1) is 8.77. The van der Waals surface area contributed by atoms with Gasteiger partial charge in [-0.25, -0.2) is 0 Å². The zero-order chi connectivity index (χ0) is 12.8. The quantitative estimate of drug-likeness (QED) is 0.864. The lowest BCUT2D eigenvalue weighted by Gasteiger charge is -2.08. The molecular weight excluding hydrogens is 242 g/mol. The molecular formula is C15H17NOS. The van der Waals surface area contributed by atoms with Gasteiger partial charge in [0.05, 0.1) is 6.04 Å². The molecule has 1 unspecified atom stereocenters. The van der Waals surface area contributed by atoms with Crippen molar-refractivity contribution in [2.45, 2.75) is 25.3 Å². The van der Waals surface area contributed by atoms with Crippen LogP contribution in [0.15, 0.2) is 47.8 Å². The summed E-state index contributed by atoms with van der Waals surface area (Å²) in [4.78, 5) is 12.9. The van der Waals surface area contributed by atoms with E-state index in [-0.39, 0.29) is 5.78 Å². The number of nitrogens with two attached hydrogens (primary N) is 1. The average molecular weight is 259 g/mol. The number of carbonyl (C=O) groups is 1. The SMILES string of the molecule is NC(C(=O)CCCc1ccccc1)c1cccs1. The Morgan fingerprint density at radius 1 is 1.17 bits per heavy atom. The molecule has 0 saturated carbocycles. The van der Waals surface area contributed by atoms with Crippen molar-refractivity contribution in [3.63, 3.8) is 0 Å². The second-order valence-electron chi connectivity index (χ2n) is 4.30. The fourth-order valence-electron chi connectivity index (χ4n) is 1.89. The van der Waals surface area contributed by atoms with E-state index in [2.05, 4.69) is 12.1 Å². The predicted molar refractivity (Wildman–Crippen MR) is 75.6 cm³/mol. The van der Waals surface area contributed by atoms with Crippen LogP contribution >= 0.6 is 11.3 Å². The maximum absolute atomic E-state index is 11.9. The molecule has 2 aromatic rings. The molecule has 2 nitrogen and oxygen atoms in total. The topological polar surface area (TPSA) is 43.1 Å². The number of hydrogen-bond acceptors (Lipinski definition) is 3. The highest BCUT2D eigenvalue weighted by Gasteiger charge is 2.15. The summed E-state index contributed by atoms with van der Waals surface area (Å²) in [5.74, 6) is 0.133. The number of ketones is 1. The second-order valence-corrected chi connectivity index (χ2v) is 5.28. The number of aryl methyl sites for hydroxylation is 1. The smallest absolute Gasteiger partial charge is 0.154 e. The summed E-state index contributed by atoms with van der Waals surface area (Å²) in [7, 11) is 0. The normalized spacial score (nSPS) is 12.3. The van der Waals surface area contributed by atoms with Crippen LogP contribution in [0.5, 0.6) is 0 Å². The largest absolute Gasteiger partial charge is 0.317 e. The number of benzene rings is 1. The summed E-state index contributed by atoms with van der Waals surface area (Å²) in [5, 5.41) is 1.95. The van der Waals surface area contributed by atoms with E-state index in [1.54, 1.807) is 11.3 Å². The van der Waals surface area contributed by atoms with Crippen LogP contribution in [0.4, 0.5) is 0 Å². The Labute approximate surface area is 111 Å². The molecule has 0 aliphatic carbocycles. The molecule has 3 heteroatoms. The lowest BCUT2D eigenvalue weighted by molar-refractivity contribution is -0.120. The van der Waals surface area contributed by atoms with E-state index in [0.717, 1.165) is 17.7 Å². The monoisotopic (exact) mass is 259 g/mol. The van der Waals surface area contributed by atoms with E-state index in [1.165, 1.54) is 5.56 Å². The van der Waals surface area contributed by atoms with Gasteiger partial charge in [-0.3, -0.25) is 4.79 Å². The third-order valence-electron chi connectivity index (χ3n) is 2.93. The first-order valence-electron chi connectivity index (χ1n) is 6.13. The summed E-state index contributed by atoms with van der Waals surface area (Å²) in [6.07, 6.45) is 2.35. The number of hydrogen-bond donors (Lipinski definition) is 1. The van der Waals surface area contributed by atoms with Crippen LogP contribution in [0, 0.1) is 0 Å². The van der Waals surface area contributed by atoms with Crippen LogP contribution in [0.1, 0.15) is 29.3 Å². The molecule has 1 aromatic carbocycles. The standard InChI is InChI=1S/C15H17NOS/c16-15(14-10-5-11-18-14)13(17)9-4-8-12-6-2-1-3-7-12/h1-3,5-7,10-11,15H,4,8-9,16H2. The van der Waals surface area contributed by atoms with Crippen LogP contribution in [0.3, 0.4) is 0 Å². The third-order valence-corrected chi connectivity index (χ3v) is 3.88. The minimum absolute atomic E-state index is 0.133. The van der Waals surface area contributed by atoms with E-state index in [4.69, 9.17) is 5.73 Å². The molecule has 0 fully saturated rings. The van der Waals surface area contributed by atoms with Crippen LogP contribution in [0.2, 0.25) is 0 Å². The lowest BCUT2D eigenvalue weighted by Crippen LogP contribution is -2.20. The first-order valence-corrected chi connectivity index (χ1v) is 7.01. The summed E-state index contributed by atoms with van der Waals surface area (Å²) in [6, 6.07) is 13.6. The minimum Gasteiger partial charge on any atom is -0.317 e. The molecule has 0 spiro atoms. The number of Topliss-reactive ketones (excluding diaryl/α,β-unsaturated/α-hetero) is 1. The van der Waals surface area contributed by atoms with E-state index < -0.39 is 6.04 Å². The Morgan fingerprint density at radius 2 is 1.94 bits per heavy atom. The Kier molecular flexibility index (Phi) is 4.67. The lowest BCUT2D eigenvalue weighted by atomic mass is 10.0. The molecule has 0 amide bonds. The highest BCUT2D eigenvalue weighted by Crippen LogP contribution is 2.19. The van der Waals surface area contributed by atoms with Crippen LogP contribution in [-0.2, 0) is 11.2 Å². The maximum atomic E-state index is 11.9. The Hall–Kier alpha value is -1.45. The van der Waals surface area contributed by atoms with Gasteiger partial charge in [-0.2, -0.15) is 0 Å². The van der Waals surface area contributed by atoms with Gasteiger partial charge in [-0.1, -0.05) is 36.4 Å². The van der Waals surface area contributed by atoms with Crippen molar-refractivity contribution in [1.29, 1.82) is 0 Å². The van der Waals surface area contributed by atoms with Crippen molar-refractivity contribution in [2.75, 3.05) is 0 Å². The number of rotatable bonds is 6. The van der Waals surface area contributed by atoms with Gasteiger partial charge in [0.15, 0.2) is 5.78 Å². The van der Waals surface area contributed by atoms with Gasteiger partial charge in [-0.05, 0) is 29.9 Å². The van der Waals surface area contributed by atoms with E-state index >= 15 is 0 Å². The molecule has 0 aliphatic rings. The van der Waals surface area contributed by atoms with Gasteiger partial charge < -0.3 is 5.73 Å². The molecule has 2 N–H and O–H groups in total. The van der Waals surface area contributed by atoms with Crippen molar-refractivity contribution < 1.29 is 4.79 Å². The Morgan fingerprint density at radius 3 is 2.61 bits per heavy atom. The predicted octanol–water partition coefficient (Wildman–Crippen LogP) is 3.34. The van der Waals surface area contributed by atoms with Crippen molar-refractivity contribution in [3.05, 3.63) is 58.3 Å². The van der Waals surface area contributed by atoms with Gasteiger partial charge in [0.1, 0.15) is 0 Å². The van der Waals surface area contributed by atoms with E-state index in [0.29, 0.717) is 6.42 Å². The molecule has 0 aliphatic heterocycles. The molecule has 0 radical (unpaired) electrons. The average Bonchev–Trinajstić information content (AvgIpc) is 2.93. The molecule has 1 atom stereocenters. The maximum Gasteiger partial charge on any atom is 0.154 e. The van der Waals surface area contributed by atoms with Gasteiger partial charge in [-0.15, -0.1) is 11.3 Å². The van der Waals surface area contributed by atoms with Crippen molar-refractivity contribution in [3.8, 4) is 0 Å². The fraction of sp³-hybridized carbons (Fsp3) is 0.267. The van der Waals surface area contributed by atoms with Gasteiger partial charge in [0.2, 0.25) is 0 Å². The highest BCUT2D eigenvalue weighted by atomic mass is 32.1. The fourth-order valence-corrected chi connectivity index (χ4v) is 2.64. The molecule has 1 aromatic heterocycles. The molecule has 94 valence electrons. The highest BCUT2D eigenvalue weighted by molar-refractivity contribution is 7.10. The van der Waals surface area contributed by atoms with Crippen molar-refractivity contribution in [2.24, 2.45) is 5.73 Å².